The highest BCUT2D eigenvalue weighted by Crippen LogP contribution is 2.14. The Morgan fingerprint density at radius 1 is 0.969 bits per heavy atom. The SMILES string of the molecule is CC(C)[C@H](NC(=O)[C@@H](N)C(Cc1ccccc1)C(=O)O)C(=O)OCC(=O)c1ccccc1. The zero-order valence-electron chi connectivity index (χ0n) is 18.1. The van der Waals surface area contributed by atoms with Crippen molar-refractivity contribution in [1.29, 1.82) is 0 Å². The maximum Gasteiger partial charge on any atom is 0.329 e. The molecule has 0 aliphatic carbocycles. The Labute approximate surface area is 186 Å². The number of amides is 1. The van der Waals surface area contributed by atoms with Crippen molar-refractivity contribution in [3.8, 4) is 0 Å². The van der Waals surface area contributed by atoms with Gasteiger partial charge in [0, 0.05) is 5.56 Å². The van der Waals surface area contributed by atoms with Gasteiger partial charge in [-0.25, -0.2) is 4.79 Å². The Kier molecular flexibility index (Phi) is 9.09. The van der Waals surface area contributed by atoms with E-state index in [-0.39, 0.29) is 18.1 Å². The lowest BCUT2D eigenvalue weighted by Gasteiger charge is -2.25. The third-order valence-electron chi connectivity index (χ3n) is 5.01. The van der Waals surface area contributed by atoms with Crippen LogP contribution >= 0.6 is 0 Å². The van der Waals surface area contributed by atoms with Crippen LogP contribution in [0.15, 0.2) is 60.7 Å². The standard InChI is InChI=1S/C24H28N2O6/c1-15(2)21(24(31)32-14-19(27)17-11-7-4-8-12-17)26-22(28)20(25)18(23(29)30)13-16-9-5-3-6-10-16/h3-12,15,18,20-21H,13-14,25H2,1-2H3,(H,26,28)(H,29,30)/t18?,20-,21-/m0/s1. The molecule has 8 heteroatoms. The van der Waals surface area contributed by atoms with Gasteiger partial charge < -0.3 is 20.9 Å². The van der Waals surface area contributed by atoms with E-state index in [4.69, 9.17) is 10.5 Å². The van der Waals surface area contributed by atoms with Crippen LogP contribution in [-0.4, -0.2) is 47.4 Å². The summed E-state index contributed by atoms with van der Waals surface area (Å²) in [6.07, 6.45) is 0.0626. The summed E-state index contributed by atoms with van der Waals surface area (Å²) >= 11 is 0. The van der Waals surface area contributed by atoms with Crippen LogP contribution in [0.25, 0.3) is 0 Å². The van der Waals surface area contributed by atoms with Gasteiger partial charge >= 0.3 is 11.9 Å². The molecule has 0 heterocycles. The van der Waals surface area contributed by atoms with Gasteiger partial charge in [-0.3, -0.25) is 14.4 Å². The van der Waals surface area contributed by atoms with E-state index in [1.54, 1.807) is 74.5 Å². The average Bonchev–Trinajstić information content (AvgIpc) is 2.79. The summed E-state index contributed by atoms with van der Waals surface area (Å²) in [4.78, 5) is 49.1. The first-order valence-electron chi connectivity index (χ1n) is 10.3. The van der Waals surface area contributed by atoms with Gasteiger partial charge in [0.15, 0.2) is 12.4 Å². The molecule has 2 aromatic rings. The van der Waals surface area contributed by atoms with E-state index in [1.165, 1.54) is 0 Å². The number of benzene rings is 2. The predicted octanol–water partition coefficient (Wildman–Crippen LogP) is 1.82. The molecule has 0 fully saturated rings. The molecule has 0 saturated carbocycles. The van der Waals surface area contributed by atoms with E-state index in [0.29, 0.717) is 5.56 Å². The van der Waals surface area contributed by atoms with Crippen LogP contribution in [-0.2, 0) is 25.5 Å². The third kappa shape index (κ3) is 7.02. The lowest BCUT2D eigenvalue weighted by Crippen LogP contribution is -2.54. The molecule has 1 amide bonds. The largest absolute Gasteiger partial charge is 0.481 e. The van der Waals surface area contributed by atoms with Crippen molar-refractivity contribution in [2.24, 2.45) is 17.6 Å². The second kappa shape index (κ2) is 11.8. The molecule has 0 radical (unpaired) electrons. The number of esters is 1. The number of aliphatic carboxylic acids is 1. The van der Waals surface area contributed by atoms with E-state index < -0.39 is 42.5 Å². The van der Waals surface area contributed by atoms with Gasteiger partial charge in [-0.2, -0.15) is 0 Å². The Hall–Kier alpha value is -3.52. The van der Waals surface area contributed by atoms with Crippen molar-refractivity contribution >= 4 is 23.6 Å². The van der Waals surface area contributed by atoms with Gasteiger partial charge in [-0.1, -0.05) is 74.5 Å². The number of carboxylic acids is 1. The maximum atomic E-state index is 12.7. The van der Waals surface area contributed by atoms with Crippen LogP contribution < -0.4 is 11.1 Å². The third-order valence-corrected chi connectivity index (χ3v) is 5.01. The van der Waals surface area contributed by atoms with Crippen LogP contribution in [0.2, 0.25) is 0 Å². The number of hydrogen-bond donors (Lipinski definition) is 3. The van der Waals surface area contributed by atoms with E-state index in [2.05, 4.69) is 5.32 Å². The van der Waals surface area contributed by atoms with Crippen molar-refractivity contribution < 1.29 is 29.0 Å². The van der Waals surface area contributed by atoms with Crippen molar-refractivity contribution in [2.45, 2.75) is 32.4 Å². The number of rotatable bonds is 11. The lowest BCUT2D eigenvalue weighted by molar-refractivity contribution is -0.149. The predicted molar refractivity (Wildman–Crippen MR) is 118 cm³/mol. The first-order valence-corrected chi connectivity index (χ1v) is 10.3. The highest BCUT2D eigenvalue weighted by atomic mass is 16.5. The van der Waals surface area contributed by atoms with Gasteiger partial charge in [0.25, 0.3) is 0 Å². The lowest BCUT2D eigenvalue weighted by atomic mass is 9.91. The van der Waals surface area contributed by atoms with Crippen LogP contribution in [0.3, 0.4) is 0 Å². The molecular weight excluding hydrogens is 412 g/mol. The van der Waals surface area contributed by atoms with Gasteiger partial charge in [-0.15, -0.1) is 0 Å². The molecule has 32 heavy (non-hydrogen) atoms. The summed E-state index contributed by atoms with van der Waals surface area (Å²) in [5.74, 6) is -4.71. The number of carbonyl (C=O) groups is 4. The number of hydrogen-bond acceptors (Lipinski definition) is 6. The van der Waals surface area contributed by atoms with Gasteiger partial charge in [0.2, 0.25) is 5.91 Å². The summed E-state index contributed by atoms with van der Waals surface area (Å²) in [6, 6.07) is 14.7. The van der Waals surface area contributed by atoms with E-state index >= 15 is 0 Å². The summed E-state index contributed by atoms with van der Waals surface area (Å²) in [5.41, 5.74) is 7.08. The number of ether oxygens (including phenoxy) is 1. The fourth-order valence-corrected chi connectivity index (χ4v) is 3.10. The van der Waals surface area contributed by atoms with Crippen LogP contribution in [0.1, 0.15) is 29.8 Å². The second-order valence-electron chi connectivity index (χ2n) is 7.79. The van der Waals surface area contributed by atoms with E-state index in [9.17, 15) is 24.3 Å². The molecule has 0 aliphatic rings. The first-order chi connectivity index (χ1) is 15.2. The van der Waals surface area contributed by atoms with Crippen molar-refractivity contribution in [3.05, 3.63) is 71.8 Å². The highest BCUT2D eigenvalue weighted by molar-refractivity contribution is 5.98. The number of nitrogens with two attached hydrogens (primary N) is 1. The van der Waals surface area contributed by atoms with Crippen molar-refractivity contribution in [1.82, 2.24) is 5.32 Å². The van der Waals surface area contributed by atoms with Crippen molar-refractivity contribution in [2.75, 3.05) is 6.61 Å². The zero-order valence-corrected chi connectivity index (χ0v) is 18.1. The topological polar surface area (TPSA) is 136 Å². The summed E-state index contributed by atoms with van der Waals surface area (Å²) in [6.45, 7) is 2.91. The number of carboxylic acid groups (broad SMARTS) is 1. The number of nitrogens with one attached hydrogen (secondary N) is 1. The Bertz CT molecular complexity index is 930. The zero-order chi connectivity index (χ0) is 23.7. The van der Waals surface area contributed by atoms with E-state index in [0.717, 1.165) is 5.56 Å². The molecule has 2 rings (SSSR count). The molecule has 3 atom stereocenters. The highest BCUT2D eigenvalue weighted by Gasteiger charge is 2.34. The van der Waals surface area contributed by atoms with E-state index in [1.807, 2.05) is 0 Å². The van der Waals surface area contributed by atoms with Gasteiger partial charge in [0.1, 0.15) is 6.04 Å². The monoisotopic (exact) mass is 440 g/mol. The Morgan fingerprint density at radius 3 is 2.06 bits per heavy atom. The molecule has 1 unspecified atom stereocenters. The molecule has 8 nitrogen and oxygen atoms in total. The molecule has 0 spiro atoms. The minimum absolute atomic E-state index is 0.0626. The van der Waals surface area contributed by atoms with Crippen molar-refractivity contribution in [3.63, 3.8) is 0 Å². The van der Waals surface area contributed by atoms with Crippen LogP contribution in [0.4, 0.5) is 0 Å². The number of ketones is 1. The molecule has 4 N–H and O–H groups in total. The molecule has 170 valence electrons. The second-order valence-corrected chi connectivity index (χ2v) is 7.79. The summed E-state index contributed by atoms with van der Waals surface area (Å²) in [7, 11) is 0. The molecule has 0 saturated heterocycles. The quantitative estimate of drug-likeness (QED) is 0.358. The molecule has 0 aromatic heterocycles. The molecular formula is C24H28N2O6. The molecule has 0 bridgehead atoms. The van der Waals surface area contributed by atoms with Crippen LogP contribution in [0.5, 0.6) is 0 Å². The average molecular weight is 440 g/mol. The fourth-order valence-electron chi connectivity index (χ4n) is 3.10. The number of carbonyl (C=O) groups excluding carboxylic acids is 3. The van der Waals surface area contributed by atoms with Gasteiger partial charge in [0.05, 0.1) is 12.0 Å². The minimum atomic E-state index is -1.38. The molecule has 0 aliphatic heterocycles. The Morgan fingerprint density at radius 2 is 1.53 bits per heavy atom. The fraction of sp³-hybridized carbons (Fsp3) is 0.333. The summed E-state index contributed by atoms with van der Waals surface area (Å²) in [5, 5.41) is 12.1. The Balaban J connectivity index is 2.01. The maximum absolute atomic E-state index is 12.7. The van der Waals surface area contributed by atoms with Gasteiger partial charge in [-0.05, 0) is 17.9 Å². The molecule has 2 aromatic carbocycles. The smallest absolute Gasteiger partial charge is 0.329 e. The number of Topliss-reactive ketones (excluding diaryl/α,β-unsaturated/α-hetero) is 1. The van der Waals surface area contributed by atoms with Crippen LogP contribution in [0, 0.1) is 11.8 Å². The normalized spacial score (nSPS) is 13.6. The minimum Gasteiger partial charge on any atom is -0.481 e. The summed E-state index contributed by atoms with van der Waals surface area (Å²) < 4.78 is 5.11. The first kappa shape index (κ1) is 24.7.